The fourth-order valence-electron chi connectivity index (χ4n) is 1.58. The monoisotopic (exact) mass is 288 g/mol. The van der Waals surface area contributed by atoms with E-state index in [4.69, 9.17) is 11.0 Å². The molecule has 0 fully saturated rings. The SMILES string of the molecule is N#Cc1ccc(CS(=O)(=O)Nc2ccc(N)nc2)cc1. The third-order valence-electron chi connectivity index (χ3n) is 2.50. The standard InChI is InChI=1S/C13H12N4O2S/c14-7-10-1-3-11(4-2-10)9-20(18,19)17-12-5-6-13(15)16-8-12/h1-6,8,17H,9H2,(H2,15,16). The molecule has 0 spiro atoms. The third-order valence-corrected chi connectivity index (χ3v) is 3.76. The summed E-state index contributed by atoms with van der Waals surface area (Å²) in [6, 6.07) is 11.4. The quantitative estimate of drug-likeness (QED) is 0.885. The number of nitrogen functional groups attached to an aromatic ring is 1. The van der Waals surface area contributed by atoms with E-state index in [1.807, 2.05) is 6.07 Å². The van der Waals surface area contributed by atoms with Gasteiger partial charge in [-0.15, -0.1) is 0 Å². The Balaban J connectivity index is 2.10. The van der Waals surface area contributed by atoms with Crippen LogP contribution in [0.1, 0.15) is 11.1 Å². The second kappa shape index (κ2) is 5.59. The van der Waals surface area contributed by atoms with Gasteiger partial charge in [0.15, 0.2) is 0 Å². The van der Waals surface area contributed by atoms with Gasteiger partial charge in [0.05, 0.1) is 29.3 Å². The van der Waals surface area contributed by atoms with Crippen molar-refractivity contribution in [3.8, 4) is 6.07 Å². The number of anilines is 2. The van der Waals surface area contributed by atoms with E-state index in [9.17, 15) is 8.42 Å². The van der Waals surface area contributed by atoms with Gasteiger partial charge in [-0.25, -0.2) is 13.4 Å². The fourth-order valence-corrected chi connectivity index (χ4v) is 2.76. The van der Waals surface area contributed by atoms with Gasteiger partial charge in [-0.2, -0.15) is 5.26 Å². The Morgan fingerprint density at radius 3 is 2.45 bits per heavy atom. The lowest BCUT2D eigenvalue weighted by molar-refractivity contribution is 0.600. The first-order valence-corrected chi connectivity index (χ1v) is 7.35. The molecule has 20 heavy (non-hydrogen) atoms. The van der Waals surface area contributed by atoms with Crippen LogP contribution in [-0.4, -0.2) is 13.4 Å². The summed E-state index contributed by atoms with van der Waals surface area (Å²) in [5.41, 5.74) is 6.87. The number of pyridine rings is 1. The van der Waals surface area contributed by atoms with Crippen molar-refractivity contribution in [1.29, 1.82) is 5.26 Å². The molecule has 1 aromatic carbocycles. The summed E-state index contributed by atoms with van der Waals surface area (Å²) in [5.74, 6) is 0.142. The lowest BCUT2D eigenvalue weighted by Gasteiger charge is -2.08. The van der Waals surface area contributed by atoms with Crippen molar-refractivity contribution in [2.75, 3.05) is 10.5 Å². The lowest BCUT2D eigenvalue weighted by atomic mass is 10.2. The zero-order chi connectivity index (χ0) is 14.6. The average Bonchev–Trinajstić information content (AvgIpc) is 2.41. The van der Waals surface area contributed by atoms with Crippen molar-refractivity contribution in [2.45, 2.75) is 5.75 Å². The van der Waals surface area contributed by atoms with Crippen LogP contribution in [0.25, 0.3) is 0 Å². The molecule has 0 saturated heterocycles. The first-order valence-electron chi connectivity index (χ1n) is 5.69. The van der Waals surface area contributed by atoms with Gasteiger partial charge in [0.1, 0.15) is 5.82 Å². The topological polar surface area (TPSA) is 109 Å². The van der Waals surface area contributed by atoms with E-state index in [-0.39, 0.29) is 5.75 Å². The highest BCUT2D eigenvalue weighted by molar-refractivity contribution is 7.91. The Morgan fingerprint density at radius 2 is 1.90 bits per heavy atom. The van der Waals surface area contributed by atoms with E-state index < -0.39 is 10.0 Å². The minimum Gasteiger partial charge on any atom is -0.384 e. The lowest BCUT2D eigenvalue weighted by Crippen LogP contribution is -2.15. The maximum atomic E-state index is 12.0. The third kappa shape index (κ3) is 3.70. The molecule has 6 nitrogen and oxygen atoms in total. The Morgan fingerprint density at radius 1 is 1.20 bits per heavy atom. The molecule has 0 amide bonds. The Hall–Kier alpha value is -2.59. The number of nitrogens with two attached hydrogens (primary N) is 1. The van der Waals surface area contributed by atoms with E-state index in [2.05, 4.69) is 9.71 Å². The van der Waals surface area contributed by atoms with Crippen LogP contribution in [0.2, 0.25) is 0 Å². The Kier molecular flexibility index (Phi) is 3.86. The predicted octanol–water partition coefficient (Wildman–Crippen LogP) is 1.48. The fraction of sp³-hybridized carbons (Fsp3) is 0.0769. The van der Waals surface area contributed by atoms with E-state index in [0.29, 0.717) is 22.6 Å². The van der Waals surface area contributed by atoms with Gasteiger partial charge in [0.2, 0.25) is 10.0 Å². The average molecular weight is 288 g/mol. The second-order valence-corrected chi connectivity index (χ2v) is 5.86. The molecule has 102 valence electrons. The number of nitriles is 1. The zero-order valence-electron chi connectivity index (χ0n) is 10.4. The summed E-state index contributed by atoms with van der Waals surface area (Å²) in [4.78, 5) is 3.81. The number of nitrogens with zero attached hydrogens (tertiary/aromatic N) is 2. The number of nitrogens with one attached hydrogen (secondary N) is 1. The van der Waals surface area contributed by atoms with Crippen molar-refractivity contribution in [3.05, 3.63) is 53.7 Å². The number of hydrogen-bond acceptors (Lipinski definition) is 5. The van der Waals surface area contributed by atoms with Gasteiger partial charge in [-0.1, -0.05) is 12.1 Å². The van der Waals surface area contributed by atoms with Gasteiger partial charge < -0.3 is 5.73 Å². The minimum atomic E-state index is -3.53. The van der Waals surface area contributed by atoms with Crippen LogP contribution >= 0.6 is 0 Å². The molecule has 0 saturated carbocycles. The van der Waals surface area contributed by atoms with E-state index in [1.165, 1.54) is 12.3 Å². The molecule has 0 aliphatic heterocycles. The largest absolute Gasteiger partial charge is 0.384 e. The van der Waals surface area contributed by atoms with Crippen molar-refractivity contribution < 1.29 is 8.42 Å². The van der Waals surface area contributed by atoms with E-state index in [1.54, 1.807) is 30.3 Å². The van der Waals surface area contributed by atoms with Crippen molar-refractivity contribution >= 4 is 21.5 Å². The summed E-state index contributed by atoms with van der Waals surface area (Å²) in [7, 11) is -3.53. The number of rotatable bonds is 4. The van der Waals surface area contributed by atoms with Gasteiger partial charge in [-0.3, -0.25) is 4.72 Å². The number of sulfonamides is 1. The molecule has 0 unspecified atom stereocenters. The zero-order valence-corrected chi connectivity index (χ0v) is 11.3. The van der Waals surface area contributed by atoms with Crippen molar-refractivity contribution in [1.82, 2.24) is 4.98 Å². The molecule has 2 aromatic rings. The predicted molar refractivity (Wildman–Crippen MR) is 76.1 cm³/mol. The van der Waals surface area contributed by atoms with E-state index >= 15 is 0 Å². The van der Waals surface area contributed by atoms with Crippen LogP contribution < -0.4 is 10.5 Å². The molecule has 0 bridgehead atoms. The van der Waals surface area contributed by atoms with E-state index in [0.717, 1.165) is 0 Å². The first-order chi connectivity index (χ1) is 9.48. The highest BCUT2D eigenvalue weighted by Crippen LogP contribution is 2.13. The van der Waals surface area contributed by atoms with Crippen molar-refractivity contribution in [2.24, 2.45) is 0 Å². The van der Waals surface area contributed by atoms with Gasteiger partial charge in [0, 0.05) is 0 Å². The Bertz CT molecular complexity index is 731. The number of aromatic nitrogens is 1. The molecule has 2 rings (SSSR count). The normalized spacial score (nSPS) is 10.8. The Labute approximate surface area is 116 Å². The first kappa shape index (κ1) is 13.8. The molecule has 0 aliphatic rings. The van der Waals surface area contributed by atoms with Crippen LogP contribution in [0, 0.1) is 11.3 Å². The van der Waals surface area contributed by atoms with Crippen LogP contribution in [0.5, 0.6) is 0 Å². The van der Waals surface area contributed by atoms with Crippen LogP contribution in [0.4, 0.5) is 11.5 Å². The highest BCUT2D eigenvalue weighted by Gasteiger charge is 2.12. The van der Waals surface area contributed by atoms with Crippen LogP contribution in [0.15, 0.2) is 42.6 Å². The maximum Gasteiger partial charge on any atom is 0.236 e. The highest BCUT2D eigenvalue weighted by atomic mass is 32.2. The van der Waals surface area contributed by atoms with Gasteiger partial charge in [-0.05, 0) is 29.8 Å². The number of hydrogen-bond donors (Lipinski definition) is 2. The molecule has 1 heterocycles. The smallest absolute Gasteiger partial charge is 0.236 e. The van der Waals surface area contributed by atoms with Crippen molar-refractivity contribution in [3.63, 3.8) is 0 Å². The maximum absolute atomic E-state index is 12.0. The summed E-state index contributed by atoms with van der Waals surface area (Å²) in [5, 5.41) is 8.68. The molecule has 7 heteroatoms. The molecule has 0 aliphatic carbocycles. The molecule has 1 aromatic heterocycles. The molecular formula is C13H12N4O2S. The number of benzene rings is 1. The molecule has 0 radical (unpaired) electrons. The molecular weight excluding hydrogens is 276 g/mol. The van der Waals surface area contributed by atoms with Crippen LogP contribution in [0.3, 0.4) is 0 Å². The summed E-state index contributed by atoms with van der Waals surface area (Å²) < 4.78 is 26.4. The molecule has 3 N–H and O–H groups in total. The van der Waals surface area contributed by atoms with Crippen LogP contribution in [-0.2, 0) is 15.8 Å². The second-order valence-electron chi connectivity index (χ2n) is 4.14. The molecule has 0 atom stereocenters. The van der Waals surface area contributed by atoms with Gasteiger partial charge in [0.25, 0.3) is 0 Å². The van der Waals surface area contributed by atoms with Gasteiger partial charge >= 0.3 is 0 Å². The minimum absolute atomic E-state index is 0.177. The summed E-state index contributed by atoms with van der Waals surface area (Å²) >= 11 is 0. The summed E-state index contributed by atoms with van der Waals surface area (Å²) in [6.07, 6.45) is 1.35. The summed E-state index contributed by atoms with van der Waals surface area (Å²) in [6.45, 7) is 0.